The van der Waals surface area contributed by atoms with Gasteiger partial charge in [0.25, 0.3) is 0 Å². The van der Waals surface area contributed by atoms with Crippen LogP contribution in [0.15, 0.2) is 24.3 Å². The maximum absolute atomic E-state index is 4.93. The van der Waals surface area contributed by atoms with Gasteiger partial charge < -0.3 is 26.8 Å². The molecule has 118 valence electrons. The number of allylic oxidation sites excluding steroid dienone is 4. The normalized spacial score (nSPS) is 20.4. The summed E-state index contributed by atoms with van der Waals surface area (Å²) in [5, 5.41) is 0. The Bertz CT molecular complexity index is 249. The molecule has 1 aliphatic carbocycles. The summed E-state index contributed by atoms with van der Waals surface area (Å²) in [6.45, 7) is 18.7. The zero-order chi connectivity index (χ0) is 16.0. The first-order valence-corrected chi connectivity index (χ1v) is 16.6. The first-order valence-electron chi connectivity index (χ1n) is 6.95. The molecule has 0 N–H and O–H groups in total. The van der Waals surface area contributed by atoms with Gasteiger partial charge in [0.2, 0.25) is 0 Å². The predicted octanol–water partition coefficient (Wildman–Crippen LogP) is 6.46. The van der Waals surface area contributed by atoms with Crippen LogP contribution in [0.5, 0.6) is 0 Å². The van der Waals surface area contributed by atoms with Crippen LogP contribution < -0.4 is 0 Å². The Labute approximate surface area is 147 Å². The molecule has 0 amide bonds. The molecule has 1 rings (SSSR count). The summed E-state index contributed by atoms with van der Waals surface area (Å²) < 4.78 is 0. The third-order valence-corrected chi connectivity index (χ3v) is 6.41. The van der Waals surface area contributed by atoms with Crippen molar-refractivity contribution < 1.29 is 20.8 Å². The zero-order valence-corrected chi connectivity index (χ0v) is 18.0. The summed E-state index contributed by atoms with van der Waals surface area (Å²) in [7, 11) is 9.00. The first kappa shape index (κ1) is 23.4. The summed E-state index contributed by atoms with van der Waals surface area (Å²) in [5.74, 6) is 0.750. The van der Waals surface area contributed by atoms with Gasteiger partial charge in [-0.15, -0.1) is 12.2 Å². The number of hydrogen-bond donors (Lipinski definition) is 0. The van der Waals surface area contributed by atoms with E-state index in [1.54, 1.807) is 0 Å². The Balaban J connectivity index is 0. The number of halogens is 2. The van der Waals surface area contributed by atoms with Gasteiger partial charge in [-0.25, -0.2) is 12.8 Å². The SMILES string of the molecule is [CH2-]C1C=CC=CC1[CH2-].[CH2-]CC[CH-][Si](C)(C)CC.[Cl][Zr][Cl]. The molecule has 0 fully saturated rings. The van der Waals surface area contributed by atoms with Gasteiger partial charge in [-0.05, 0) is 0 Å². The molecule has 0 saturated heterocycles. The third kappa shape index (κ3) is 15.5. The zero-order valence-electron chi connectivity index (χ0n) is 13.0. The van der Waals surface area contributed by atoms with E-state index >= 15 is 0 Å². The van der Waals surface area contributed by atoms with Crippen LogP contribution in [0.4, 0.5) is 0 Å². The van der Waals surface area contributed by atoms with E-state index in [0.29, 0.717) is 11.8 Å². The average Bonchev–Trinajstić information content (AvgIpc) is 2.42. The van der Waals surface area contributed by atoms with Crippen molar-refractivity contribution in [1.82, 2.24) is 0 Å². The Morgan fingerprint density at radius 3 is 1.80 bits per heavy atom. The van der Waals surface area contributed by atoms with Crippen LogP contribution in [-0.2, 0) is 20.8 Å². The van der Waals surface area contributed by atoms with Crippen LogP contribution in [0.1, 0.15) is 19.8 Å². The van der Waals surface area contributed by atoms with Crippen molar-refractivity contribution in [2.45, 2.75) is 38.9 Å². The Kier molecular flexibility index (Phi) is 17.7. The number of rotatable bonds is 4. The fourth-order valence-electron chi connectivity index (χ4n) is 1.34. The molecule has 0 saturated carbocycles. The second kappa shape index (κ2) is 15.1. The van der Waals surface area contributed by atoms with Crippen LogP contribution >= 0.6 is 17.0 Å². The van der Waals surface area contributed by atoms with E-state index in [2.05, 4.69) is 59.0 Å². The minimum absolute atomic E-state index is 0.375. The molecule has 0 aliphatic heterocycles. The quantitative estimate of drug-likeness (QED) is 0.368. The van der Waals surface area contributed by atoms with Crippen LogP contribution in [0.25, 0.3) is 0 Å². The second-order valence-electron chi connectivity index (χ2n) is 5.36. The minimum atomic E-state index is -0.863. The van der Waals surface area contributed by atoms with Crippen molar-refractivity contribution in [2.24, 2.45) is 11.8 Å². The van der Waals surface area contributed by atoms with Crippen molar-refractivity contribution in [1.29, 1.82) is 0 Å². The first-order chi connectivity index (χ1) is 9.34. The van der Waals surface area contributed by atoms with Gasteiger partial charge in [-0.3, -0.25) is 0 Å². The van der Waals surface area contributed by atoms with Gasteiger partial charge >= 0.3 is 37.9 Å². The van der Waals surface area contributed by atoms with Crippen molar-refractivity contribution in [2.75, 3.05) is 0 Å². The molecule has 1 aliphatic rings. The molecule has 0 heterocycles. The molecule has 20 heavy (non-hydrogen) atoms. The molecular weight excluding hydrogens is 382 g/mol. The standard InChI is InChI=1S/C8H18Si.C8H10.2ClH.Zr/c1-5-7-8-9(3,4)6-2;1-7-5-3-4-6-8(7)2;;;/h8H,1,5-7H2,2-4H3;3-8H,1-2H2;2*1H;/q2*-2;;;+2/p-2. The molecule has 0 nitrogen and oxygen atoms in total. The van der Waals surface area contributed by atoms with E-state index in [1.165, 1.54) is 12.5 Å². The molecule has 0 aromatic heterocycles. The molecule has 2 atom stereocenters. The van der Waals surface area contributed by atoms with Crippen LogP contribution in [0, 0.1) is 38.7 Å². The second-order valence-corrected chi connectivity index (χ2v) is 14.2. The molecular formula is C16H28Cl2SiZr-4. The van der Waals surface area contributed by atoms with Gasteiger partial charge in [0.05, 0.1) is 0 Å². The monoisotopic (exact) mass is 408 g/mol. The third-order valence-electron chi connectivity index (χ3n) is 3.19. The molecule has 2 unspecified atom stereocenters. The predicted molar refractivity (Wildman–Crippen MR) is 94.5 cm³/mol. The van der Waals surface area contributed by atoms with Crippen LogP contribution in [-0.4, -0.2) is 8.07 Å². The molecule has 0 radical (unpaired) electrons. The van der Waals surface area contributed by atoms with E-state index in [4.69, 9.17) is 17.0 Å². The summed E-state index contributed by atoms with van der Waals surface area (Å²) in [5.41, 5.74) is 0. The summed E-state index contributed by atoms with van der Waals surface area (Å²) in [6, 6.07) is 3.87. The van der Waals surface area contributed by atoms with Crippen molar-refractivity contribution >= 4 is 25.1 Å². The van der Waals surface area contributed by atoms with Crippen molar-refractivity contribution in [3.05, 3.63) is 51.1 Å². The molecule has 0 spiro atoms. The van der Waals surface area contributed by atoms with Gasteiger partial charge in [-0.1, -0.05) is 46.3 Å². The van der Waals surface area contributed by atoms with Gasteiger partial charge in [0, 0.05) is 0 Å². The fourth-order valence-corrected chi connectivity index (χ4v) is 2.61. The van der Waals surface area contributed by atoms with Gasteiger partial charge in [0.15, 0.2) is 0 Å². The fraction of sp³-hybridized carbons (Fsp3) is 0.500. The van der Waals surface area contributed by atoms with E-state index in [0.717, 1.165) is 6.42 Å². The van der Waals surface area contributed by atoms with E-state index in [-0.39, 0.29) is 0 Å². The Hall–Kier alpha value is 1.16. The van der Waals surface area contributed by atoms with Crippen molar-refractivity contribution in [3.63, 3.8) is 0 Å². The number of unbranched alkanes of at least 4 members (excludes halogenated alkanes) is 1. The van der Waals surface area contributed by atoms with Gasteiger partial charge in [-0.2, -0.15) is 11.8 Å². The Morgan fingerprint density at radius 2 is 1.55 bits per heavy atom. The maximum atomic E-state index is 4.93. The molecule has 4 heteroatoms. The average molecular weight is 411 g/mol. The summed E-state index contributed by atoms with van der Waals surface area (Å²) >= 11 is -0.826. The molecule has 0 bridgehead atoms. The van der Waals surface area contributed by atoms with Crippen LogP contribution in [0.2, 0.25) is 19.1 Å². The number of hydrogen-bond acceptors (Lipinski definition) is 0. The van der Waals surface area contributed by atoms with Crippen molar-refractivity contribution in [3.8, 4) is 0 Å². The van der Waals surface area contributed by atoms with E-state index in [1.807, 2.05) is 12.2 Å². The van der Waals surface area contributed by atoms with Crippen LogP contribution in [0.3, 0.4) is 0 Å². The topological polar surface area (TPSA) is 0 Å². The molecule has 0 aromatic carbocycles. The van der Waals surface area contributed by atoms with E-state index in [9.17, 15) is 0 Å². The van der Waals surface area contributed by atoms with Gasteiger partial charge in [0.1, 0.15) is 0 Å². The summed E-state index contributed by atoms with van der Waals surface area (Å²) in [4.78, 5) is 0. The van der Waals surface area contributed by atoms with E-state index < -0.39 is 28.9 Å². The summed E-state index contributed by atoms with van der Waals surface area (Å²) in [6.07, 6.45) is 10.4. The molecule has 0 aromatic rings. The Morgan fingerprint density at radius 1 is 1.15 bits per heavy atom.